The second-order valence-electron chi connectivity index (χ2n) is 9.91. The molecule has 0 fully saturated rings. The van der Waals surface area contributed by atoms with Gasteiger partial charge in [-0.3, -0.25) is 14.6 Å². The van der Waals surface area contributed by atoms with Crippen LogP contribution in [0.25, 0.3) is 10.9 Å². The lowest BCUT2D eigenvalue weighted by atomic mass is 10.2. The van der Waals surface area contributed by atoms with Crippen molar-refractivity contribution in [3.8, 4) is 11.8 Å². The number of hydrogen-bond donors (Lipinski definition) is 3. The summed E-state index contributed by atoms with van der Waals surface area (Å²) >= 11 is 0. The number of benzene rings is 1. The summed E-state index contributed by atoms with van der Waals surface area (Å²) in [6.45, 7) is 5.69. The highest BCUT2D eigenvalue weighted by atomic mass is 16.2. The fourth-order valence-electron chi connectivity index (χ4n) is 3.72. The Bertz CT molecular complexity index is 1410. The Morgan fingerprint density at radius 2 is 1.90 bits per heavy atom. The van der Waals surface area contributed by atoms with Crippen LogP contribution >= 0.6 is 0 Å². The van der Waals surface area contributed by atoms with E-state index in [1.165, 1.54) is 11.0 Å². The van der Waals surface area contributed by atoms with Gasteiger partial charge >= 0.3 is 0 Å². The van der Waals surface area contributed by atoms with Crippen molar-refractivity contribution < 1.29 is 9.59 Å². The Kier molecular flexibility index (Phi) is 12.1. The third-order valence-electron chi connectivity index (χ3n) is 6.22. The monoisotopic (exact) mass is 556 g/mol. The summed E-state index contributed by atoms with van der Waals surface area (Å²) in [5, 5.41) is 10.5. The first-order valence-corrected chi connectivity index (χ1v) is 13.9. The van der Waals surface area contributed by atoms with Crippen LogP contribution in [0, 0.1) is 11.8 Å². The number of fused-ring (bicyclic) bond motifs is 1. The smallest absolute Gasteiger partial charge is 0.246 e. The molecule has 0 unspecified atom stereocenters. The van der Waals surface area contributed by atoms with Gasteiger partial charge in [0.25, 0.3) is 0 Å². The number of carbonyl (C=O) groups excluding carboxylic acids is 2. The lowest BCUT2D eigenvalue weighted by Gasteiger charge is -2.23. The Balaban J connectivity index is 1.52. The average Bonchev–Trinajstić information content (AvgIpc) is 2.97. The highest BCUT2D eigenvalue weighted by Crippen LogP contribution is 2.20. The molecule has 216 valence electrons. The predicted octanol–water partition coefficient (Wildman–Crippen LogP) is 3.80. The number of rotatable bonds is 13. The number of pyridine rings is 1. The van der Waals surface area contributed by atoms with E-state index in [1.807, 2.05) is 49.3 Å². The lowest BCUT2D eigenvalue weighted by Crippen LogP contribution is -2.45. The van der Waals surface area contributed by atoms with Crippen molar-refractivity contribution in [2.75, 3.05) is 51.4 Å². The van der Waals surface area contributed by atoms with Gasteiger partial charge in [0.05, 0.1) is 29.2 Å². The van der Waals surface area contributed by atoms with Gasteiger partial charge in [-0.25, -0.2) is 4.98 Å². The van der Waals surface area contributed by atoms with Gasteiger partial charge in [0.15, 0.2) is 0 Å². The van der Waals surface area contributed by atoms with E-state index in [9.17, 15) is 9.59 Å². The third kappa shape index (κ3) is 9.89. The van der Waals surface area contributed by atoms with Crippen LogP contribution in [0.1, 0.15) is 38.7 Å². The summed E-state index contributed by atoms with van der Waals surface area (Å²) in [4.78, 5) is 41.7. The van der Waals surface area contributed by atoms with Gasteiger partial charge in [0, 0.05) is 44.6 Å². The SMILES string of the molecule is CCCNc1nc(Nc2cnc3ccccc3c2)ncc1C#CCCCNC(=O)[C@H](C)N(C)C(=O)C=CCN(C)C. The van der Waals surface area contributed by atoms with E-state index in [4.69, 9.17) is 0 Å². The zero-order valence-corrected chi connectivity index (χ0v) is 24.6. The Labute approximate surface area is 242 Å². The maximum Gasteiger partial charge on any atom is 0.246 e. The molecule has 0 saturated heterocycles. The van der Waals surface area contributed by atoms with Crippen LogP contribution in [0.3, 0.4) is 0 Å². The number of amides is 2. The van der Waals surface area contributed by atoms with Gasteiger partial charge in [-0.1, -0.05) is 43.0 Å². The lowest BCUT2D eigenvalue weighted by molar-refractivity contribution is -0.135. The van der Waals surface area contributed by atoms with Crippen LogP contribution in [0.5, 0.6) is 0 Å². The zero-order chi connectivity index (χ0) is 29.6. The highest BCUT2D eigenvalue weighted by Gasteiger charge is 2.20. The average molecular weight is 557 g/mol. The van der Waals surface area contributed by atoms with E-state index in [-0.39, 0.29) is 11.8 Å². The minimum atomic E-state index is -0.570. The minimum Gasteiger partial charge on any atom is -0.369 e. The molecule has 0 aliphatic heterocycles. The van der Waals surface area contributed by atoms with E-state index in [0.29, 0.717) is 43.3 Å². The van der Waals surface area contributed by atoms with Gasteiger partial charge in [-0.15, -0.1) is 0 Å². The normalized spacial score (nSPS) is 11.7. The molecule has 3 aromatic rings. The molecule has 0 spiro atoms. The van der Waals surface area contributed by atoms with Crippen LogP contribution in [0.4, 0.5) is 17.5 Å². The Morgan fingerprint density at radius 3 is 2.68 bits per heavy atom. The zero-order valence-electron chi connectivity index (χ0n) is 24.6. The van der Waals surface area contributed by atoms with Crippen LogP contribution in [0.15, 0.2) is 54.9 Å². The van der Waals surface area contributed by atoms with Gasteiger partial charge in [0.1, 0.15) is 11.9 Å². The molecule has 0 bridgehead atoms. The fourth-order valence-corrected chi connectivity index (χ4v) is 3.72. The van der Waals surface area contributed by atoms with Crippen molar-refractivity contribution in [2.24, 2.45) is 0 Å². The number of anilines is 3. The van der Waals surface area contributed by atoms with Crippen molar-refractivity contribution in [1.29, 1.82) is 0 Å². The largest absolute Gasteiger partial charge is 0.369 e. The molecule has 0 aliphatic carbocycles. The molecule has 2 aromatic heterocycles. The summed E-state index contributed by atoms with van der Waals surface area (Å²) in [5.74, 6) is 7.04. The highest BCUT2D eigenvalue weighted by molar-refractivity contribution is 5.92. The number of hydrogen-bond acceptors (Lipinski definition) is 8. The van der Waals surface area contributed by atoms with E-state index in [2.05, 4.69) is 49.7 Å². The molecular weight excluding hydrogens is 516 g/mol. The molecule has 0 aliphatic rings. The quantitative estimate of drug-likeness (QED) is 0.165. The molecule has 10 nitrogen and oxygen atoms in total. The van der Waals surface area contributed by atoms with Crippen LogP contribution < -0.4 is 16.0 Å². The minimum absolute atomic E-state index is 0.195. The van der Waals surface area contributed by atoms with Crippen LogP contribution in [-0.2, 0) is 9.59 Å². The van der Waals surface area contributed by atoms with Crippen molar-refractivity contribution in [3.63, 3.8) is 0 Å². The van der Waals surface area contributed by atoms with Gasteiger partial charge in [0.2, 0.25) is 17.8 Å². The predicted molar refractivity (Wildman–Crippen MR) is 165 cm³/mol. The van der Waals surface area contributed by atoms with Gasteiger partial charge < -0.3 is 25.8 Å². The number of nitrogens with one attached hydrogen (secondary N) is 3. The number of carbonyl (C=O) groups is 2. The first-order chi connectivity index (χ1) is 19.8. The molecule has 41 heavy (non-hydrogen) atoms. The maximum atomic E-state index is 12.5. The fraction of sp³-hybridized carbons (Fsp3) is 0.387. The van der Waals surface area contributed by atoms with E-state index in [0.717, 1.165) is 29.6 Å². The first kappa shape index (κ1) is 31.0. The second kappa shape index (κ2) is 15.9. The number of unbranched alkanes of at least 4 members (excludes halogenated alkanes) is 1. The summed E-state index contributed by atoms with van der Waals surface area (Å²) < 4.78 is 0. The number of nitrogens with zero attached hydrogens (tertiary/aromatic N) is 5. The van der Waals surface area contributed by atoms with E-state index >= 15 is 0 Å². The molecule has 1 atom stereocenters. The van der Waals surface area contributed by atoms with Crippen LogP contribution in [-0.4, -0.2) is 83.4 Å². The standard InChI is InChI=1S/C31H40N8O2/c1-6-17-32-29-25(21-35-31(37-29)36-26-20-24-13-9-10-15-27(24)34-22-26)14-8-7-11-18-33-30(41)23(2)39(5)28(40)16-12-19-38(3)4/h9-10,12-13,15-16,20-23H,6-7,11,17-19H2,1-5H3,(H,33,41)(H2,32,35,36,37)/t23-/m0/s1. The molecular formula is C31H40N8O2. The van der Waals surface area contributed by atoms with Gasteiger partial charge in [-0.2, -0.15) is 4.98 Å². The van der Waals surface area contributed by atoms with Crippen molar-refractivity contribution in [2.45, 2.75) is 39.2 Å². The molecule has 0 saturated carbocycles. The van der Waals surface area contributed by atoms with E-state index < -0.39 is 6.04 Å². The molecule has 3 rings (SSSR count). The summed E-state index contributed by atoms with van der Waals surface area (Å²) in [6.07, 6.45) is 8.96. The summed E-state index contributed by atoms with van der Waals surface area (Å²) in [5.41, 5.74) is 2.44. The summed E-state index contributed by atoms with van der Waals surface area (Å²) in [7, 11) is 5.48. The number of para-hydroxylation sites is 1. The van der Waals surface area contributed by atoms with Crippen LogP contribution in [0.2, 0.25) is 0 Å². The summed E-state index contributed by atoms with van der Waals surface area (Å²) in [6, 6.07) is 9.37. The number of aromatic nitrogens is 3. The van der Waals surface area contributed by atoms with Crippen molar-refractivity contribution in [3.05, 3.63) is 60.4 Å². The molecule has 3 N–H and O–H groups in total. The Morgan fingerprint density at radius 1 is 1.10 bits per heavy atom. The third-order valence-corrected chi connectivity index (χ3v) is 6.22. The molecule has 0 radical (unpaired) electrons. The maximum absolute atomic E-state index is 12.5. The van der Waals surface area contributed by atoms with E-state index in [1.54, 1.807) is 32.4 Å². The Hall–Kier alpha value is -4.49. The topological polar surface area (TPSA) is 115 Å². The first-order valence-electron chi connectivity index (χ1n) is 13.9. The number of likely N-dealkylation sites (N-methyl/N-ethyl adjacent to an activating group) is 2. The molecule has 10 heteroatoms. The van der Waals surface area contributed by atoms with Crippen molar-refractivity contribution >= 4 is 40.2 Å². The second-order valence-corrected chi connectivity index (χ2v) is 9.91. The van der Waals surface area contributed by atoms with Crippen molar-refractivity contribution in [1.82, 2.24) is 30.1 Å². The molecule has 2 heterocycles. The van der Waals surface area contributed by atoms with Gasteiger partial charge in [-0.05, 0) is 46.0 Å². The molecule has 1 aromatic carbocycles. The molecule has 2 amide bonds.